The molecule has 1 aliphatic heterocycles. The summed E-state index contributed by atoms with van der Waals surface area (Å²) in [6.45, 7) is 2.31. The Morgan fingerprint density at radius 3 is 2.72 bits per heavy atom. The maximum absolute atomic E-state index is 5.27. The van der Waals surface area contributed by atoms with Crippen molar-refractivity contribution in [3.63, 3.8) is 0 Å². The summed E-state index contributed by atoms with van der Waals surface area (Å²) in [5, 5.41) is 4.77. The van der Waals surface area contributed by atoms with Crippen LogP contribution in [0.4, 0.5) is 0 Å². The summed E-state index contributed by atoms with van der Waals surface area (Å²) in [4.78, 5) is 1.54. The Kier molecular flexibility index (Phi) is 4.22. The van der Waals surface area contributed by atoms with Crippen LogP contribution >= 0.6 is 11.3 Å². The Morgan fingerprint density at radius 2 is 2.00 bits per heavy atom. The van der Waals surface area contributed by atoms with Gasteiger partial charge in [0.15, 0.2) is 0 Å². The van der Waals surface area contributed by atoms with E-state index in [-0.39, 0.29) is 5.48 Å². The summed E-state index contributed by atoms with van der Waals surface area (Å²) in [6, 6.07) is 8.70. The van der Waals surface area contributed by atoms with E-state index in [2.05, 4.69) is 23.5 Å². The van der Waals surface area contributed by atoms with Crippen LogP contribution in [0.1, 0.15) is 23.6 Å². The molecule has 1 saturated heterocycles. The van der Waals surface area contributed by atoms with E-state index in [4.69, 9.17) is 4.74 Å². The second-order valence-corrected chi connectivity index (χ2v) is 5.69. The van der Waals surface area contributed by atoms with Crippen molar-refractivity contribution in [1.82, 2.24) is 5.32 Å². The molecule has 98 valence electrons. The van der Waals surface area contributed by atoms with Crippen LogP contribution < -0.4 is 10.1 Å². The highest BCUT2D eigenvalue weighted by Crippen LogP contribution is 2.36. The maximum atomic E-state index is 5.27. The largest absolute Gasteiger partial charge is 0.497 e. The van der Waals surface area contributed by atoms with E-state index in [1.54, 1.807) is 7.11 Å². The summed E-state index contributed by atoms with van der Waals surface area (Å²) in [7, 11) is 1.72. The molecule has 0 saturated carbocycles. The van der Waals surface area contributed by atoms with Crippen molar-refractivity contribution < 1.29 is 10.2 Å². The summed E-state index contributed by atoms with van der Waals surface area (Å²) >= 11 is 1.93. The third-order valence-electron chi connectivity index (χ3n) is 3.49. The molecule has 0 bridgehead atoms. The highest BCUT2D eigenvalue weighted by Gasteiger charge is 2.17. The molecule has 4 heteroatoms. The topological polar surface area (TPSA) is 52.8 Å². The van der Waals surface area contributed by atoms with Crippen LogP contribution in [0.3, 0.4) is 0 Å². The molecule has 1 aromatic carbocycles. The Hall–Kier alpha value is -1.10. The molecular weight excluding hydrogens is 246 g/mol. The number of piperidine rings is 1. The maximum Gasteiger partial charge on any atom is 0.120 e. The van der Waals surface area contributed by atoms with Crippen molar-refractivity contribution in [2.45, 2.75) is 18.8 Å². The van der Waals surface area contributed by atoms with Crippen LogP contribution in [0.5, 0.6) is 5.75 Å². The minimum atomic E-state index is 0. The molecule has 1 aliphatic rings. The predicted molar refractivity (Wildman–Crippen MR) is 76.8 cm³/mol. The Bertz CT molecular complexity index is 517. The SMILES string of the molecule is COc1ccc2cc(C3CCNCC3)sc2c1.O. The van der Waals surface area contributed by atoms with Gasteiger partial charge in [0.2, 0.25) is 0 Å². The number of fused-ring (bicyclic) bond motifs is 1. The van der Waals surface area contributed by atoms with Gasteiger partial charge >= 0.3 is 0 Å². The first-order valence-electron chi connectivity index (χ1n) is 6.15. The number of methoxy groups -OCH3 is 1. The molecular formula is C14H19NO2S. The minimum absolute atomic E-state index is 0. The van der Waals surface area contributed by atoms with Gasteiger partial charge in [-0.15, -0.1) is 11.3 Å². The second kappa shape index (κ2) is 5.69. The lowest BCUT2D eigenvalue weighted by Crippen LogP contribution is -2.26. The molecule has 2 aromatic rings. The normalized spacial score (nSPS) is 16.5. The van der Waals surface area contributed by atoms with Gasteiger partial charge in [-0.1, -0.05) is 0 Å². The third kappa shape index (κ3) is 2.51. The van der Waals surface area contributed by atoms with Crippen molar-refractivity contribution in [3.05, 3.63) is 29.1 Å². The zero-order chi connectivity index (χ0) is 11.7. The van der Waals surface area contributed by atoms with E-state index in [9.17, 15) is 0 Å². The summed E-state index contributed by atoms with van der Waals surface area (Å²) in [5.41, 5.74) is 0. The molecule has 0 aliphatic carbocycles. The van der Waals surface area contributed by atoms with E-state index >= 15 is 0 Å². The van der Waals surface area contributed by atoms with E-state index < -0.39 is 0 Å². The molecule has 0 unspecified atom stereocenters. The smallest absolute Gasteiger partial charge is 0.120 e. The third-order valence-corrected chi connectivity index (χ3v) is 4.75. The average molecular weight is 265 g/mol. The van der Waals surface area contributed by atoms with Gasteiger partial charge in [-0.2, -0.15) is 0 Å². The molecule has 0 atom stereocenters. The lowest BCUT2D eigenvalue weighted by atomic mass is 9.96. The summed E-state index contributed by atoms with van der Waals surface area (Å²) < 4.78 is 6.62. The molecule has 3 nitrogen and oxygen atoms in total. The molecule has 0 spiro atoms. The number of hydrogen-bond donors (Lipinski definition) is 1. The molecule has 0 radical (unpaired) electrons. The van der Waals surface area contributed by atoms with Gasteiger partial charge in [-0.25, -0.2) is 0 Å². The fourth-order valence-electron chi connectivity index (χ4n) is 2.47. The van der Waals surface area contributed by atoms with Crippen molar-refractivity contribution in [2.24, 2.45) is 0 Å². The molecule has 0 amide bonds. The Balaban J connectivity index is 0.00000120. The van der Waals surface area contributed by atoms with Gasteiger partial charge in [0.25, 0.3) is 0 Å². The quantitative estimate of drug-likeness (QED) is 0.907. The molecule has 1 fully saturated rings. The highest BCUT2D eigenvalue weighted by atomic mass is 32.1. The molecule has 18 heavy (non-hydrogen) atoms. The van der Waals surface area contributed by atoms with Gasteiger partial charge in [0, 0.05) is 9.58 Å². The first kappa shape index (κ1) is 13.3. The molecule has 1 aromatic heterocycles. The number of nitrogens with one attached hydrogen (secondary N) is 1. The van der Waals surface area contributed by atoms with Crippen LogP contribution in [-0.2, 0) is 0 Å². The van der Waals surface area contributed by atoms with Crippen molar-refractivity contribution in [2.75, 3.05) is 20.2 Å². The zero-order valence-corrected chi connectivity index (χ0v) is 11.3. The van der Waals surface area contributed by atoms with E-state index in [0.717, 1.165) is 24.8 Å². The number of benzene rings is 1. The highest BCUT2D eigenvalue weighted by molar-refractivity contribution is 7.19. The summed E-state index contributed by atoms with van der Waals surface area (Å²) in [6.07, 6.45) is 2.54. The van der Waals surface area contributed by atoms with E-state index in [1.165, 1.54) is 27.8 Å². The standard InChI is InChI=1S/C14H17NOS.H2O/c1-16-12-3-2-11-8-13(17-14(11)9-12)10-4-6-15-7-5-10;/h2-3,8-10,15H,4-7H2,1H3;1H2. The Morgan fingerprint density at radius 1 is 1.22 bits per heavy atom. The van der Waals surface area contributed by atoms with Gasteiger partial charge in [0.05, 0.1) is 7.11 Å². The predicted octanol–water partition coefficient (Wildman–Crippen LogP) is 2.55. The number of hydrogen-bond acceptors (Lipinski definition) is 3. The van der Waals surface area contributed by atoms with Gasteiger partial charge in [-0.3, -0.25) is 0 Å². The van der Waals surface area contributed by atoms with Crippen LogP contribution in [0.25, 0.3) is 10.1 Å². The Labute approximate surface area is 111 Å². The lowest BCUT2D eigenvalue weighted by Gasteiger charge is -2.21. The van der Waals surface area contributed by atoms with Crippen LogP contribution in [0.15, 0.2) is 24.3 Å². The number of rotatable bonds is 2. The molecule has 2 heterocycles. The fraction of sp³-hybridized carbons (Fsp3) is 0.429. The number of ether oxygens (including phenoxy) is 1. The van der Waals surface area contributed by atoms with Crippen molar-refractivity contribution in [3.8, 4) is 5.75 Å². The molecule has 3 rings (SSSR count). The van der Waals surface area contributed by atoms with Crippen LogP contribution in [-0.4, -0.2) is 25.7 Å². The van der Waals surface area contributed by atoms with Crippen LogP contribution in [0.2, 0.25) is 0 Å². The van der Waals surface area contributed by atoms with Gasteiger partial charge < -0.3 is 15.5 Å². The van der Waals surface area contributed by atoms with Gasteiger partial charge in [-0.05, 0) is 61.5 Å². The lowest BCUT2D eigenvalue weighted by molar-refractivity contribution is 0.415. The first-order chi connectivity index (χ1) is 8.36. The summed E-state index contributed by atoms with van der Waals surface area (Å²) in [5.74, 6) is 1.70. The monoisotopic (exact) mass is 265 g/mol. The molecule has 3 N–H and O–H groups in total. The van der Waals surface area contributed by atoms with Crippen LogP contribution in [0, 0.1) is 0 Å². The number of thiophene rings is 1. The van der Waals surface area contributed by atoms with Crippen molar-refractivity contribution >= 4 is 21.4 Å². The average Bonchev–Trinajstić information content (AvgIpc) is 2.82. The zero-order valence-electron chi connectivity index (χ0n) is 10.5. The fourth-order valence-corrected chi connectivity index (χ4v) is 3.73. The van der Waals surface area contributed by atoms with E-state index in [1.807, 2.05) is 17.4 Å². The first-order valence-corrected chi connectivity index (χ1v) is 6.96. The minimum Gasteiger partial charge on any atom is -0.497 e. The second-order valence-electron chi connectivity index (χ2n) is 4.58. The van der Waals surface area contributed by atoms with Gasteiger partial charge in [0.1, 0.15) is 5.75 Å². The van der Waals surface area contributed by atoms with E-state index in [0.29, 0.717) is 0 Å². The van der Waals surface area contributed by atoms with Crippen molar-refractivity contribution in [1.29, 1.82) is 0 Å².